The number of carbonyl (C=O) groups excluding carboxylic acids is 2. The fraction of sp³-hybridized carbons (Fsp3) is 0.775. The summed E-state index contributed by atoms with van der Waals surface area (Å²) >= 11 is 0. The Morgan fingerprint density at radius 3 is 1.20 bits per heavy atom. The van der Waals surface area contributed by atoms with E-state index in [9.17, 15) is 19.0 Å². The molecule has 0 aromatic carbocycles. The number of quaternary nitrogens is 1. The van der Waals surface area contributed by atoms with Gasteiger partial charge in [-0.2, -0.15) is 0 Å². The third-order valence-corrected chi connectivity index (χ3v) is 15.8. The minimum absolute atomic E-state index is 0.0334. The van der Waals surface area contributed by atoms with Gasteiger partial charge < -0.3 is 19.4 Å². The smallest absolute Gasteiger partial charge is 0.456 e. The molecule has 0 aromatic rings. The molecule has 0 fully saturated rings. The maximum Gasteiger partial charge on any atom is 0.472 e. The fourth-order valence-electron chi connectivity index (χ4n) is 9.61. The van der Waals surface area contributed by atoms with E-state index in [0.29, 0.717) is 17.4 Å². The van der Waals surface area contributed by atoms with Crippen molar-refractivity contribution >= 4 is 19.7 Å². The Balaban J connectivity index is 5.12. The van der Waals surface area contributed by atoms with Crippen LogP contribution in [0.4, 0.5) is 0 Å². The molecule has 81 heavy (non-hydrogen) atoms. The number of phosphoric ester groups is 1. The van der Waals surface area contributed by atoms with Crippen molar-refractivity contribution in [2.45, 2.75) is 315 Å². The Hall–Kier alpha value is -2.81. The van der Waals surface area contributed by atoms with Gasteiger partial charge >= 0.3 is 13.8 Å². The van der Waals surface area contributed by atoms with E-state index >= 15 is 0 Å². The van der Waals surface area contributed by atoms with Crippen molar-refractivity contribution in [1.29, 1.82) is 0 Å². The molecule has 0 heterocycles. The van der Waals surface area contributed by atoms with Crippen molar-refractivity contribution in [2.75, 3.05) is 40.9 Å². The third-order valence-electron chi connectivity index (χ3n) is 14.8. The first-order valence-electron chi connectivity index (χ1n) is 33.9. The Labute approximate surface area is 501 Å². The number of amides is 1. The van der Waals surface area contributed by atoms with Crippen LogP contribution in [-0.4, -0.2) is 74.3 Å². The van der Waals surface area contributed by atoms with Gasteiger partial charge in [0.15, 0.2) is 0 Å². The summed E-state index contributed by atoms with van der Waals surface area (Å²) in [5.41, 5.74) is 0. The molecular formula is C71H130N2O7P+. The highest BCUT2D eigenvalue weighted by molar-refractivity contribution is 7.47. The predicted octanol–water partition coefficient (Wildman–Crippen LogP) is 21.3. The second kappa shape index (κ2) is 60.3. The van der Waals surface area contributed by atoms with E-state index in [1.807, 2.05) is 33.3 Å². The van der Waals surface area contributed by atoms with Crippen molar-refractivity contribution in [3.8, 4) is 0 Å². The molecule has 1 amide bonds. The average Bonchev–Trinajstić information content (AvgIpc) is 3.44. The van der Waals surface area contributed by atoms with E-state index in [1.165, 1.54) is 161 Å². The maximum absolute atomic E-state index is 13.6. The molecule has 0 aliphatic carbocycles. The largest absolute Gasteiger partial charge is 0.472 e. The third kappa shape index (κ3) is 61.6. The molecule has 0 bridgehead atoms. The molecule has 10 heteroatoms. The van der Waals surface area contributed by atoms with Gasteiger partial charge in [-0.15, -0.1) is 0 Å². The number of nitrogens with zero attached hydrogens (tertiary/aromatic N) is 1. The molecule has 0 aromatic heterocycles. The minimum Gasteiger partial charge on any atom is -0.456 e. The maximum atomic E-state index is 13.6. The number of ether oxygens (including phenoxy) is 1. The van der Waals surface area contributed by atoms with Crippen LogP contribution < -0.4 is 5.32 Å². The highest BCUT2D eigenvalue weighted by Gasteiger charge is 2.30. The first kappa shape index (κ1) is 78.2. The summed E-state index contributed by atoms with van der Waals surface area (Å²) < 4.78 is 30.8. The summed E-state index contributed by atoms with van der Waals surface area (Å²) in [7, 11) is 1.48. The predicted molar refractivity (Wildman–Crippen MR) is 351 cm³/mol. The number of likely N-dealkylation sites (N-methyl/N-ethyl adjacent to an activating group) is 1. The molecule has 3 atom stereocenters. The summed E-state index contributed by atoms with van der Waals surface area (Å²) in [6.45, 7) is 6.89. The van der Waals surface area contributed by atoms with Gasteiger partial charge in [-0.05, 0) is 102 Å². The fourth-order valence-corrected chi connectivity index (χ4v) is 10.3. The van der Waals surface area contributed by atoms with Crippen LogP contribution in [0.2, 0.25) is 0 Å². The van der Waals surface area contributed by atoms with Gasteiger partial charge in [0, 0.05) is 12.8 Å². The summed E-state index contributed by atoms with van der Waals surface area (Å²) in [6.07, 6.45) is 80.2. The Morgan fingerprint density at radius 2 is 0.790 bits per heavy atom. The van der Waals surface area contributed by atoms with Crippen LogP contribution in [0.5, 0.6) is 0 Å². The summed E-state index contributed by atoms with van der Waals surface area (Å²) in [4.78, 5) is 37.8. The lowest BCUT2D eigenvalue weighted by Gasteiger charge is -2.27. The lowest BCUT2D eigenvalue weighted by atomic mass is 10.0. The first-order valence-corrected chi connectivity index (χ1v) is 35.4. The molecule has 0 aliphatic rings. The first-order chi connectivity index (χ1) is 39.4. The van der Waals surface area contributed by atoms with Gasteiger partial charge in [0.25, 0.3) is 0 Å². The number of rotatable bonds is 61. The topological polar surface area (TPSA) is 111 Å². The Kier molecular flexibility index (Phi) is 58.2. The Morgan fingerprint density at radius 1 is 0.444 bits per heavy atom. The van der Waals surface area contributed by atoms with E-state index in [-0.39, 0.29) is 31.5 Å². The number of carbonyl (C=O) groups is 2. The molecule has 470 valence electrons. The lowest BCUT2D eigenvalue weighted by Crippen LogP contribution is -2.47. The van der Waals surface area contributed by atoms with E-state index < -0.39 is 20.0 Å². The van der Waals surface area contributed by atoms with Crippen LogP contribution in [0.25, 0.3) is 0 Å². The summed E-state index contributed by atoms with van der Waals surface area (Å²) in [5.74, 6) is -0.523. The second-order valence-electron chi connectivity index (χ2n) is 24.0. The highest BCUT2D eigenvalue weighted by Crippen LogP contribution is 2.43. The molecule has 0 spiro atoms. The number of allylic oxidation sites excluding steroid dienone is 13. The monoisotopic (exact) mass is 1150 g/mol. The van der Waals surface area contributed by atoms with Crippen LogP contribution in [0.3, 0.4) is 0 Å². The van der Waals surface area contributed by atoms with Crippen LogP contribution in [0.1, 0.15) is 303 Å². The van der Waals surface area contributed by atoms with Crippen LogP contribution in [0.15, 0.2) is 85.1 Å². The van der Waals surface area contributed by atoms with Crippen molar-refractivity contribution in [3.05, 3.63) is 85.1 Å². The standard InChI is InChI=1S/C71H129N2O7P/c1-7-10-13-16-19-22-25-27-29-31-33-35-36-38-40-42-44-46-49-52-55-58-61-64-71(75)80-69(62-59-56-53-50-47-24-21-18-15-12-9-3)68(67-79-81(76,77)78-66-65-73(4,5)6)72-70(74)63-60-57-54-51-48-45-43-41-39-37-34-32-30-28-26-23-20-17-14-11-8-2/h11,14,20,23,27-30,34,37,41,43,59,62,68-69H,7-10,12-13,15-19,21-22,24-26,31-33,35-36,38-40,42,44-58,60-61,63-67H2,1-6H3,(H-,72,74,76,77)/p+1/b14-11-,23-20-,29-27+,30-28-,37-34-,43-41-,62-59+. The van der Waals surface area contributed by atoms with Crippen molar-refractivity contribution in [1.82, 2.24) is 5.32 Å². The molecule has 0 saturated heterocycles. The average molecular weight is 1150 g/mol. The zero-order valence-electron chi connectivity index (χ0n) is 53.8. The van der Waals surface area contributed by atoms with E-state index in [2.05, 4.69) is 99.0 Å². The number of hydrogen-bond acceptors (Lipinski definition) is 6. The van der Waals surface area contributed by atoms with Gasteiger partial charge in [-0.25, -0.2) is 4.57 Å². The molecule has 0 aliphatic heterocycles. The van der Waals surface area contributed by atoms with Crippen molar-refractivity contribution in [3.63, 3.8) is 0 Å². The SMILES string of the molecule is CC/C=C\C/C=C\C/C=C\C/C=C\C/C=C\CCCCCCCC(=O)NC(COP(=O)(O)OCC[N+](C)(C)C)C(/C=C/CCCCCCCCCCC)OC(=O)CCCCCCCCCCCCCCC/C=C/CCCCCCCC. The lowest BCUT2D eigenvalue weighted by molar-refractivity contribution is -0.870. The van der Waals surface area contributed by atoms with Gasteiger partial charge in [0.1, 0.15) is 19.3 Å². The number of esters is 1. The normalized spacial score (nSPS) is 14.1. The molecule has 9 nitrogen and oxygen atoms in total. The highest BCUT2D eigenvalue weighted by atomic mass is 31.2. The quantitative estimate of drug-likeness (QED) is 0.0205. The number of unbranched alkanes of at least 4 members (excludes halogenated alkanes) is 33. The van der Waals surface area contributed by atoms with Crippen LogP contribution in [0, 0.1) is 0 Å². The minimum atomic E-state index is -4.46. The van der Waals surface area contributed by atoms with E-state index in [4.69, 9.17) is 13.8 Å². The second-order valence-corrected chi connectivity index (χ2v) is 25.4. The van der Waals surface area contributed by atoms with Gasteiger partial charge in [-0.1, -0.05) is 273 Å². The van der Waals surface area contributed by atoms with Gasteiger partial charge in [-0.3, -0.25) is 18.6 Å². The van der Waals surface area contributed by atoms with Crippen LogP contribution >= 0.6 is 7.82 Å². The van der Waals surface area contributed by atoms with Gasteiger partial charge in [0.2, 0.25) is 5.91 Å². The molecule has 0 saturated carbocycles. The molecular weight excluding hydrogens is 1020 g/mol. The number of phosphoric acid groups is 1. The van der Waals surface area contributed by atoms with Gasteiger partial charge in [0.05, 0.1) is 33.8 Å². The summed E-state index contributed by atoms with van der Waals surface area (Å²) in [5, 5.41) is 3.05. The van der Waals surface area contributed by atoms with Crippen molar-refractivity contribution < 1.29 is 37.3 Å². The summed E-state index contributed by atoms with van der Waals surface area (Å²) in [6, 6.07) is -0.862. The molecule has 2 N–H and O–H groups in total. The number of nitrogens with one attached hydrogen (secondary N) is 1. The molecule has 3 unspecified atom stereocenters. The van der Waals surface area contributed by atoms with E-state index in [0.717, 1.165) is 109 Å². The zero-order chi connectivity index (χ0) is 59.3. The van der Waals surface area contributed by atoms with Crippen LogP contribution in [-0.2, 0) is 27.9 Å². The van der Waals surface area contributed by atoms with Crippen molar-refractivity contribution in [2.24, 2.45) is 0 Å². The van der Waals surface area contributed by atoms with E-state index in [1.54, 1.807) is 0 Å². The molecule has 0 radical (unpaired) electrons. The number of hydrogen-bond donors (Lipinski definition) is 2. The Bertz CT molecular complexity index is 1660. The zero-order valence-corrected chi connectivity index (χ0v) is 54.7. The molecule has 0 rings (SSSR count).